The number of aromatic nitrogens is 2. The third kappa shape index (κ3) is 6.24. The number of amides is 1. The molecular weight excluding hydrogens is 420 g/mol. The molecule has 1 amide bonds. The number of anilines is 1. The maximum Gasteiger partial charge on any atom is 0.240 e. The molecule has 0 spiro atoms. The maximum atomic E-state index is 12.3. The molecular formula is C21H22N4O5S. The van der Waals surface area contributed by atoms with Gasteiger partial charge >= 0.3 is 0 Å². The number of hydrogen-bond donors (Lipinski definition) is 2. The van der Waals surface area contributed by atoms with Gasteiger partial charge in [-0.3, -0.25) is 4.79 Å². The third-order valence-electron chi connectivity index (χ3n) is 4.15. The number of methoxy groups -OCH3 is 1. The van der Waals surface area contributed by atoms with Crippen LogP contribution >= 0.6 is 0 Å². The van der Waals surface area contributed by atoms with E-state index in [0.717, 1.165) is 11.3 Å². The van der Waals surface area contributed by atoms with E-state index < -0.39 is 10.0 Å². The van der Waals surface area contributed by atoms with E-state index in [-0.39, 0.29) is 29.8 Å². The van der Waals surface area contributed by atoms with E-state index in [4.69, 9.17) is 9.47 Å². The second kappa shape index (κ2) is 10.0. The quantitative estimate of drug-likeness (QED) is 0.489. The average molecular weight is 442 g/mol. The van der Waals surface area contributed by atoms with E-state index in [2.05, 4.69) is 20.2 Å². The van der Waals surface area contributed by atoms with Crippen molar-refractivity contribution in [2.75, 3.05) is 25.6 Å². The van der Waals surface area contributed by atoms with Crippen LogP contribution in [-0.2, 0) is 14.8 Å². The van der Waals surface area contributed by atoms with E-state index in [1.807, 2.05) is 24.3 Å². The smallest absolute Gasteiger partial charge is 0.240 e. The molecule has 0 aliphatic heterocycles. The molecule has 2 aromatic carbocycles. The first-order valence-corrected chi connectivity index (χ1v) is 10.8. The molecule has 162 valence electrons. The fraction of sp³-hybridized carbons (Fsp3) is 0.190. The number of ether oxygens (including phenoxy) is 2. The highest BCUT2D eigenvalue weighted by Crippen LogP contribution is 2.21. The van der Waals surface area contributed by atoms with Crippen molar-refractivity contribution in [2.45, 2.75) is 11.8 Å². The lowest BCUT2D eigenvalue weighted by molar-refractivity contribution is -0.114. The topological polar surface area (TPSA) is 120 Å². The normalized spacial score (nSPS) is 11.0. The number of benzene rings is 2. The zero-order chi connectivity index (χ0) is 22.3. The zero-order valence-corrected chi connectivity index (χ0v) is 17.8. The second-order valence-electron chi connectivity index (χ2n) is 6.44. The molecule has 31 heavy (non-hydrogen) atoms. The van der Waals surface area contributed by atoms with Crippen LogP contribution in [-0.4, -0.2) is 44.8 Å². The largest absolute Gasteiger partial charge is 0.497 e. The van der Waals surface area contributed by atoms with Crippen molar-refractivity contribution in [1.82, 2.24) is 14.9 Å². The Balaban J connectivity index is 1.50. The molecule has 1 aromatic heterocycles. The first-order valence-electron chi connectivity index (χ1n) is 9.36. The summed E-state index contributed by atoms with van der Waals surface area (Å²) in [5.74, 6) is 0.810. The van der Waals surface area contributed by atoms with E-state index in [1.165, 1.54) is 31.2 Å². The van der Waals surface area contributed by atoms with Crippen molar-refractivity contribution in [3.05, 3.63) is 60.7 Å². The highest BCUT2D eigenvalue weighted by Gasteiger charge is 2.13. The van der Waals surface area contributed by atoms with Gasteiger partial charge < -0.3 is 14.8 Å². The van der Waals surface area contributed by atoms with E-state index in [0.29, 0.717) is 11.4 Å². The Bertz CT molecular complexity index is 1120. The van der Waals surface area contributed by atoms with Crippen molar-refractivity contribution in [1.29, 1.82) is 0 Å². The number of hydrogen-bond acceptors (Lipinski definition) is 7. The minimum absolute atomic E-state index is 0.0533. The molecule has 9 nitrogen and oxygen atoms in total. The molecule has 10 heteroatoms. The SMILES string of the molecule is COc1ccc(-c2ccc(OCCNS(=O)(=O)c3ccc(NC(C)=O)cc3)nn2)cc1. The van der Waals surface area contributed by atoms with Crippen molar-refractivity contribution in [3.63, 3.8) is 0 Å². The molecule has 0 fully saturated rings. The summed E-state index contributed by atoms with van der Waals surface area (Å²) in [6, 6.07) is 16.7. The maximum absolute atomic E-state index is 12.3. The Morgan fingerprint density at radius 2 is 1.68 bits per heavy atom. The predicted octanol–water partition coefficient (Wildman–Crippen LogP) is 2.47. The molecule has 0 aliphatic rings. The summed E-state index contributed by atoms with van der Waals surface area (Å²) in [5.41, 5.74) is 2.09. The van der Waals surface area contributed by atoms with Gasteiger partial charge in [-0.1, -0.05) is 0 Å². The highest BCUT2D eigenvalue weighted by molar-refractivity contribution is 7.89. The molecule has 2 N–H and O–H groups in total. The summed E-state index contributed by atoms with van der Waals surface area (Å²) in [6.07, 6.45) is 0. The first-order chi connectivity index (χ1) is 14.9. The Kier molecular flexibility index (Phi) is 7.16. The van der Waals surface area contributed by atoms with Gasteiger partial charge in [-0.05, 0) is 54.6 Å². The molecule has 3 rings (SSSR count). The summed E-state index contributed by atoms with van der Waals surface area (Å²) < 4.78 is 37.7. The number of sulfonamides is 1. The van der Waals surface area contributed by atoms with Gasteiger partial charge in [0.05, 0.1) is 17.7 Å². The van der Waals surface area contributed by atoms with Crippen LogP contribution < -0.4 is 19.5 Å². The number of rotatable bonds is 9. The van der Waals surface area contributed by atoms with E-state index in [1.54, 1.807) is 19.2 Å². The second-order valence-corrected chi connectivity index (χ2v) is 8.20. The van der Waals surface area contributed by atoms with Gasteiger partial charge in [-0.2, -0.15) is 0 Å². The molecule has 0 aliphatic carbocycles. The van der Waals surface area contributed by atoms with Gasteiger partial charge in [0.1, 0.15) is 12.4 Å². The standard InChI is InChI=1S/C21H22N4O5S/c1-15(26)23-17-5-9-19(10-6-17)31(27,28)22-13-14-30-21-12-11-20(24-25-21)16-3-7-18(29-2)8-4-16/h3-12,22H,13-14H2,1-2H3,(H,23,26). The van der Waals surface area contributed by atoms with E-state index in [9.17, 15) is 13.2 Å². The third-order valence-corrected chi connectivity index (χ3v) is 5.63. The van der Waals surface area contributed by atoms with Crippen molar-refractivity contribution in [3.8, 4) is 22.9 Å². The summed E-state index contributed by atoms with van der Waals surface area (Å²) >= 11 is 0. The molecule has 0 atom stereocenters. The lowest BCUT2D eigenvalue weighted by Gasteiger charge is -2.09. The summed E-state index contributed by atoms with van der Waals surface area (Å²) in [7, 11) is -2.10. The van der Waals surface area contributed by atoms with Gasteiger partial charge in [-0.25, -0.2) is 13.1 Å². The molecule has 0 saturated heterocycles. The highest BCUT2D eigenvalue weighted by atomic mass is 32.2. The monoisotopic (exact) mass is 442 g/mol. The number of carbonyl (C=O) groups is 1. The zero-order valence-electron chi connectivity index (χ0n) is 17.0. The Morgan fingerprint density at radius 1 is 0.968 bits per heavy atom. The molecule has 1 heterocycles. The molecule has 3 aromatic rings. The average Bonchev–Trinajstić information content (AvgIpc) is 2.77. The van der Waals surface area contributed by atoms with Crippen LogP contribution in [0.25, 0.3) is 11.3 Å². The lowest BCUT2D eigenvalue weighted by Crippen LogP contribution is -2.28. The fourth-order valence-corrected chi connectivity index (χ4v) is 3.66. The summed E-state index contributed by atoms with van der Waals surface area (Å²) in [6.45, 7) is 1.51. The molecule has 0 saturated carbocycles. The fourth-order valence-electron chi connectivity index (χ4n) is 2.65. The van der Waals surface area contributed by atoms with Gasteiger partial charge in [0.25, 0.3) is 0 Å². The Labute approximate surface area is 180 Å². The van der Waals surface area contributed by atoms with Crippen LogP contribution in [0.4, 0.5) is 5.69 Å². The van der Waals surface area contributed by atoms with E-state index >= 15 is 0 Å². The molecule has 0 bridgehead atoms. The minimum Gasteiger partial charge on any atom is -0.497 e. The molecule has 0 radical (unpaired) electrons. The predicted molar refractivity (Wildman–Crippen MR) is 115 cm³/mol. The summed E-state index contributed by atoms with van der Waals surface area (Å²) in [5, 5.41) is 10.7. The van der Waals surface area contributed by atoms with Crippen LogP contribution in [0.5, 0.6) is 11.6 Å². The van der Waals surface area contributed by atoms with Crippen LogP contribution in [0.15, 0.2) is 65.6 Å². The number of nitrogens with zero attached hydrogens (tertiary/aromatic N) is 2. The van der Waals surface area contributed by atoms with Crippen LogP contribution in [0, 0.1) is 0 Å². The van der Waals surface area contributed by atoms with Crippen LogP contribution in [0.2, 0.25) is 0 Å². The van der Waals surface area contributed by atoms with Gasteiger partial charge in [-0.15, -0.1) is 10.2 Å². The number of carbonyl (C=O) groups excluding carboxylic acids is 1. The Hall–Kier alpha value is -3.50. The minimum atomic E-state index is -3.70. The van der Waals surface area contributed by atoms with Crippen LogP contribution in [0.3, 0.4) is 0 Å². The summed E-state index contributed by atoms with van der Waals surface area (Å²) in [4.78, 5) is 11.1. The lowest BCUT2D eigenvalue weighted by atomic mass is 10.1. The Morgan fingerprint density at radius 3 is 2.26 bits per heavy atom. The van der Waals surface area contributed by atoms with Crippen LogP contribution in [0.1, 0.15) is 6.92 Å². The van der Waals surface area contributed by atoms with Crippen molar-refractivity contribution in [2.24, 2.45) is 0 Å². The van der Waals surface area contributed by atoms with Gasteiger partial charge in [0, 0.05) is 30.8 Å². The first kappa shape index (κ1) is 22.2. The van der Waals surface area contributed by atoms with Crippen molar-refractivity contribution < 1.29 is 22.7 Å². The number of nitrogens with one attached hydrogen (secondary N) is 2. The molecule has 0 unspecified atom stereocenters. The van der Waals surface area contributed by atoms with Crippen molar-refractivity contribution >= 4 is 21.6 Å². The van der Waals surface area contributed by atoms with Gasteiger partial charge in [0.15, 0.2) is 0 Å². The van der Waals surface area contributed by atoms with Gasteiger partial charge in [0.2, 0.25) is 21.8 Å².